The van der Waals surface area contributed by atoms with Crippen molar-refractivity contribution in [2.24, 2.45) is 10.7 Å². The summed E-state index contributed by atoms with van der Waals surface area (Å²) in [5.74, 6) is 1.27. The maximum absolute atomic E-state index is 6.07. The Hall–Kier alpha value is -1.75. The van der Waals surface area contributed by atoms with E-state index >= 15 is 0 Å². The van der Waals surface area contributed by atoms with Gasteiger partial charge in [0.2, 0.25) is 0 Å². The molecule has 1 aromatic rings. The minimum Gasteiger partial charge on any atom is -0.495 e. The highest BCUT2D eigenvalue weighted by molar-refractivity contribution is 5.99. The van der Waals surface area contributed by atoms with E-state index in [1.165, 1.54) is 0 Å². The number of ether oxygens (including phenoxy) is 2. The van der Waals surface area contributed by atoms with Gasteiger partial charge in [-0.15, -0.1) is 0 Å². The molecule has 2 unspecified atom stereocenters. The number of para-hydroxylation sites is 2. The molecule has 0 aromatic heterocycles. The summed E-state index contributed by atoms with van der Waals surface area (Å²) in [7, 11) is 3.35. The minimum atomic E-state index is -0.312. The summed E-state index contributed by atoms with van der Waals surface area (Å²) < 4.78 is 10.9. The van der Waals surface area contributed by atoms with Gasteiger partial charge in [-0.25, -0.2) is 0 Å². The lowest BCUT2D eigenvalue weighted by Gasteiger charge is -2.40. The van der Waals surface area contributed by atoms with E-state index in [0.717, 1.165) is 11.4 Å². The summed E-state index contributed by atoms with van der Waals surface area (Å²) in [6, 6.07) is 7.79. The molecule has 104 valence electrons. The Morgan fingerprint density at radius 2 is 2.05 bits per heavy atom. The molecule has 5 heteroatoms. The van der Waals surface area contributed by atoms with Crippen LogP contribution in [-0.4, -0.2) is 38.4 Å². The third kappa shape index (κ3) is 2.14. The van der Waals surface area contributed by atoms with Crippen LogP contribution in [0.25, 0.3) is 0 Å². The van der Waals surface area contributed by atoms with Crippen LogP contribution in [0.15, 0.2) is 29.3 Å². The Bertz CT molecular complexity index is 489. The van der Waals surface area contributed by atoms with E-state index in [4.69, 9.17) is 15.2 Å². The minimum absolute atomic E-state index is 0.0118. The molecule has 0 bridgehead atoms. The highest BCUT2D eigenvalue weighted by Crippen LogP contribution is 2.37. The van der Waals surface area contributed by atoms with Gasteiger partial charge in [-0.05, 0) is 26.0 Å². The fourth-order valence-electron chi connectivity index (χ4n) is 2.42. The summed E-state index contributed by atoms with van der Waals surface area (Å²) in [6.45, 7) is 4.72. The second-order valence-electron chi connectivity index (χ2n) is 4.92. The first-order valence-corrected chi connectivity index (χ1v) is 6.30. The number of hydrogen-bond acceptors (Lipinski definition) is 5. The topological polar surface area (TPSA) is 60.1 Å². The Kier molecular flexibility index (Phi) is 3.66. The van der Waals surface area contributed by atoms with Crippen LogP contribution < -0.4 is 15.4 Å². The van der Waals surface area contributed by atoms with Crippen molar-refractivity contribution in [3.8, 4) is 5.75 Å². The van der Waals surface area contributed by atoms with Gasteiger partial charge in [0.1, 0.15) is 5.75 Å². The molecule has 0 amide bonds. The zero-order valence-electron chi connectivity index (χ0n) is 11.9. The molecule has 0 saturated carbocycles. The molecule has 1 aromatic carbocycles. The fourth-order valence-corrected chi connectivity index (χ4v) is 2.42. The van der Waals surface area contributed by atoms with Crippen molar-refractivity contribution in [2.45, 2.75) is 25.5 Å². The maximum atomic E-state index is 6.07. The second kappa shape index (κ2) is 5.09. The van der Waals surface area contributed by atoms with Crippen molar-refractivity contribution < 1.29 is 9.47 Å². The van der Waals surface area contributed by atoms with Gasteiger partial charge < -0.3 is 15.2 Å². The van der Waals surface area contributed by atoms with Gasteiger partial charge in [0.05, 0.1) is 31.0 Å². The van der Waals surface area contributed by atoms with E-state index in [9.17, 15) is 0 Å². The normalized spacial score (nSPS) is 24.2. The molecule has 19 heavy (non-hydrogen) atoms. The molecule has 2 N–H and O–H groups in total. The Labute approximate surface area is 114 Å². The Balaban J connectivity index is 2.48. The zero-order chi connectivity index (χ0) is 14.0. The quantitative estimate of drug-likeness (QED) is 0.897. The lowest BCUT2D eigenvalue weighted by molar-refractivity contribution is 0.0643. The SMILES string of the molecule is COc1ccccc1N1C(N)=NCC1(C)C(C)OC. The highest BCUT2D eigenvalue weighted by atomic mass is 16.5. The smallest absolute Gasteiger partial charge is 0.196 e. The largest absolute Gasteiger partial charge is 0.495 e. The number of benzene rings is 1. The van der Waals surface area contributed by atoms with Crippen LogP contribution in [0.3, 0.4) is 0 Å². The number of aliphatic imine (C=N–C) groups is 1. The molecule has 0 spiro atoms. The molecule has 2 atom stereocenters. The predicted octanol–water partition coefficient (Wildman–Crippen LogP) is 1.62. The Morgan fingerprint density at radius 3 is 2.68 bits per heavy atom. The molecular formula is C14H21N3O2. The van der Waals surface area contributed by atoms with Crippen molar-refractivity contribution >= 4 is 11.6 Å². The number of anilines is 1. The first-order chi connectivity index (χ1) is 9.04. The van der Waals surface area contributed by atoms with Gasteiger partial charge in [-0.3, -0.25) is 9.89 Å². The van der Waals surface area contributed by atoms with Gasteiger partial charge >= 0.3 is 0 Å². The molecule has 5 nitrogen and oxygen atoms in total. The second-order valence-corrected chi connectivity index (χ2v) is 4.92. The molecule has 2 rings (SSSR count). The van der Waals surface area contributed by atoms with E-state index < -0.39 is 0 Å². The van der Waals surface area contributed by atoms with E-state index in [1.54, 1.807) is 14.2 Å². The Morgan fingerprint density at radius 1 is 1.37 bits per heavy atom. The lowest BCUT2D eigenvalue weighted by atomic mass is 9.94. The number of nitrogens with two attached hydrogens (primary N) is 1. The van der Waals surface area contributed by atoms with Crippen molar-refractivity contribution in [3.63, 3.8) is 0 Å². The molecule has 1 heterocycles. The van der Waals surface area contributed by atoms with Crippen molar-refractivity contribution in [1.29, 1.82) is 0 Å². The van der Waals surface area contributed by atoms with E-state index in [0.29, 0.717) is 12.5 Å². The molecule has 0 saturated heterocycles. The number of rotatable bonds is 4. The molecule has 1 aliphatic heterocycles. The van der Waals surface area contributed by atoms with Gasteiger partial charge in [0, 0.05) is 7.11 Å². The monoisotopic (exact) mass is 263 g/mol. The summed E-state index contributed by atoms with van der Waals surface area (Å²) >= 11 is 0. The fraction of sp³-hybridized carbons (Fsp3) is 0.500. The van der Waals surface area contributed by atoms with E-state index in [2.05, 4.69) is 11.9 Å². The molecule has 0 fully saturated rings. The van der Waals surface area contributed by atoms with Gasteiger partial charge in [-0.2, -0.15) is 0 Å². The summed E-state index contributed by atoms with van der Waals surface area (Å²) in [5.41, 5.74) is 6.67. The number of hydrogen-bond donors (Lipinski definition) is 1. The average Bonchev–Trinajstić information content (AvgIpc) is 2.74. The van der Waals surface area contributed by atoms with E-state index in [1.807, 2.05) is 36.1 Å². The summed E-state index contributed by atoms with van der Waals surface area (Å²) in [5, 5.41) is 0. The van der Waals surface area contributed by atoms with Gasteiger partial charge in [0.15, 0.2) is 5.96 Å². The van der Waals surface area contributed by atoms with Crippen LogP contribution in [0, 0.1) is 0 Å². The van der Waals surface area contributed by atoms with Gasteiger partial charge in [-0.1, -0.05) is 12.1 Å². The van der Waals surface area contributed by atoms with Crippen molar-refractivity contribution in [2.75, 3.05) is 25.7 Å². The summed E-state index contributed by atoms with van der Waals surface area (Å²) in [6.07, 6.45) is -0.0118. The van der Waals surface area contributed by atoms with Crippen LogP contribution in [0.4, 0.5) is 5.69 Å². The van der Waals surface area contributed by atoms with Crippen LogP contribution in [0.2, 0.25) is 0 Å². The van der Waals surface area contributed by atoms with Crippen LogP contribution in [0.5, 0.6) is 5.75 Å². The molecule has 0 aliphatic carbocycles. The van der Waals surface area contributed by atoms with Crippen LogP contribution in [0.1, 0.15) is 13.8 Å². The van der Waals surface area contributed by atoms with Gasteiger partial charge in [0.25, 0.3) is 0 Å². The van der Waals surface area contributed by atoms with Crippen LogP contribution >= 0.6 is 0 Å². The third-order valence-electron chi connectivity index (χ3n) is 3.86. The third-order valence-corrected chi connectivity index (χ3v) is 3.86. The number of nitrogens with zero attached hydrogens (tertiary/aromatic N) is 2. The van der Waals surface area contributed by atoms with E-state index in [-0.39, 0.29) is 11.6 Å². The molecule has 0 radical (unpaired) electrons. The standard InChI is InChI=1S/C14H21N3O2/c1-10(18-3)14(2)9-16-13(15)17(14)11-7-5-6-8-12(11)19-4/h5-8,10H,9H2,1-4H3,(H2,15,16). The average molecular weight is 263 g/mol. The highest BCUT2D eigenvalue weighted by Gasteiger charge is 2.44. The first-order valence-electron chi connectivity index (χ1n) is 6.30. The zero-order valence-corrected chi connectivity index (χ0v) is 11.9. The predicted molar refractivity (Wildman–Crippen MR) is 76.8 cm³/mol. The number of methoxy groups -OCH3 is 2. The van der Waals surface area contributed by atoms with Crippen molar-refractivity contribution in [3.05, 3.63) is 24.3 Å². The molecular weight excluding hydrogens is 242 g/mol. The number of guanidine groups is 1. The van der Waals surface area contributed by atoms with Crippen LogP contribution in [-0.2, 0) is 4.74 Å². The molecule has 1 aliphatic rings. The first kappa shape index (κ1) is 13.7. The summed E-state index contributed by atoms with van der Waals surface area (Å²) in [4.78, 5) is 6.38. The van der Waals surface area contributed by atoms with Crippen molar-refractivity contribution in [1.82, 2.24) is 0 Å². The maximum Gasteiger partial charge on any atom is 0.196 e. The lowest BCUT2D eigenvalue weighted by Crippen LogP contribution is -2.56.